The summed E-state index contributed by atoms with van der Waals surface area (Å²) in [5.74, 6) is -1.05. The van der Waals surface area contributed by atoms with Gasteiger partial charge in [-0.1, -0.05) is 236 Å². The quantitative estimate of drug-likeness (QED) is 0.0263. The first-order valence-corrected chi connectivity index (χ1v) is 25.3. The smallest absolute Gasteiger partial charge is 0.306 e. The van der Waals surface area contributed by atoms with Crippen LogP contribution >= 0.6 is 0 Å². The van der Waals surface area contributed by atoms with Crippen LogP contribution in [0.1, 0.15) is 168 Å². The molecule has 0 rings (SSSR count). The molecule has 1 unspecified atom stereocenters. The summed E-state index contributed by atoms with van der Waals surface area (Å²) in [4.78, 5) is 38.0. The van der Waals surface area contributed by atoms with Gasteiger partial charge in [-0.3, -0.25) is 14.4 Å². The van der Waals surface area contributed by atoms with Gasteiger partial charge in [-0.05, 0) is 83.5 Å². The molecule has 0 aliphatic carbocycles. The Morgan fingerprint density at radius 1 is 0.318 bits per heavy atom. The molecule has 0 bridgehead atoms. The molecule has 0 saturated heterocycles. The van der Waals surface area contributed by atoms with Gasteiger partial charge in [-0.15, -0.1) is 0 Å². The zero-order chi connectivity index (χ0) is 47.9. The van der Waals surface area contributed by atoms with Gasteiger partial charge in [0, 0.05) is 19.3 Å². The van der Waals surface area contributed by atoms with Gasteiger partial charge in [-0.2, -0.15) is 0 Å². The molecular formula is C60H88O6. The van der Waals surface area contributed by atoms with Gasteiger partial charge in [0.2, 0.25) is 0 Å². The zero-order valence-electron chi connectivity index (χ0n) is 41.4. The first kappa shape index (κ1) is 60.8. The Balaban J connectivity index is 4.64. The molecule has 0 fully saturated rings. The number of allylic oxidation sites excluding steroid dienone is 28. The highest BCUT2D eigenvalue weighted by Gasteiger charge is 2.19. The molecule has 0 aromatic carbocycles. The SMILES string of the molecule is CC/C=C/C=C/C=C/C=C/C=C/C=C/CCCCCC(=O)OC(COC(=O)CCCCC/C=C/C=C/C=C/C=C/CC)COC(=O)CCCCCCC/C=C/C=C/C=C/C=C/CCCCC. The standard InChI is InChI=1S/C60H88O6/c1-4-7-10-13-16-19-22-25-27-29-31-32-35-38-41-44-47-50-53-59(62)65-56-57(55-64-58(61)52-49-46-43-40-37-34-24-21-18-15-12-9-6-3)66-60(63)54-51-48-45-42-39-36-33-30-28-26-23-20-17-14-11-8-5-2/h8-9,11-12,14-34,36-37,39,57H,4-7,10,13,35,38,40-56H2,1-3H3/b11-8+,12-9+,17-14+,18-15+,19-16+,23-20+,24-21+,25-22+,28-26+,29-27+,32-31+,33-30+,37-34+,39-36+. The van der Waals surface area contributed by atoms with Crippen LogP contribution in [-0.4, -0.2) is 37.2 Å². The second-order valence-electron chi connectivity index (χ2n) is 15.9. The Morgan fingerprint density at radius 3 is 0.939 bits per heavy atom. The third-order valence-electron chi connectivity index (χ3n) is 9.79. The average molecular weight is 905 g/mol. The molecule has 0 N–H and O–H groups in total. The first-order chi connectivity index (χ1) is 32.5. The van der Waals surface area contributed by atoms with Crippen LogP contribution in [-0.2, 0) is 28.6 Å². The van der Waals surface area contributed by atoms with E-state index >= 15 is 0 Å². The van der Waals surface area contributed by atoms with Crippen LogP contribution in [0, 0.1) is 0 Å². The number of unbranched alkanes of at least 4 members (excludes halogenated alkanes) is 14. The van der Waals surface area contributed by atoms with Crippen molar-refractivity contribution in [2.75, 3.05) is 13.2 Å². The topological polar surface area (TPSA) is 78.9 Å². The van der Waals surface area contributed by atoms with Crippen molar-refractivity contribution in [3.05, 3.63) is 170 Å². The van der Waals surface area contributed by atoms with Gasteiger partial charge in [0.1, 0.15) is 13.2 Å². The number of ether oxygens (including phenoxy) is 3. The van der Waals surface area contributed by atoms with E-state index in [1.165, 1.54) is 19.3 Å². The lowest BCUT2D eigenvalue weighted by molar-refractivity contribution is -0.167. The summed E-state index contributed by atoms with van der Waals surface area (Å²) in [6.07, 6.45) is 77.5. The molecule has 6 nitrogen and oxygen atoms in total. The van der Waals surface area contributed by atoms with Crippen molar-refractivity contribution in [2.24, 2.45) is 0 Å². The van der Waals surface area contributed by atoms with E-state index < -0.39 is 6.10 Å². The number of rotatable bonds is 42. The monoisotopic (exact) mass is 905 g/mol. The summed E-state index contributed by atoms with van der Waals surface area (Å²) >= 11 is 0. The van der Waals surface area contributed by atoms with Crippen molar-refractivity contribution in [3.63, 3.8) is 0 Å². The minimum Gasteiger partial charge on any atom is -0.462 e. The van der Waals surface area contributed by atoms with Crippen molar-refractivity contribution in [1.29, 1.82) is 0 Å². The summed E-state index contributed by atoms with van der Waals surface area (Å²) < 4.78 is 16.7. The molecule has 0 amide bonds. The Morgan fingerprint density at radius 2 is 0.591 bits per heavy atom. The average Bonchev–Trinajstić information content (AvgIpc) is 3.31. The second-order valence-corrected chi connectivity index (χ2v) is 15.9. The molecule has 0 aliphatic rings. The second kappa shape index (κ2) is 52.4. The molecule has 6 heteroatoms. The van der Waals surface area contributed by atoms with Crippen LogP contribution in [0.15, 0.2) is 170 Å². The Hall–Kier alpha value is -5.23. The highest BCUT2D eigenvalue weighted by atomic mass is 16.6. The minimum absolute atomic E-state index is 0.131. The van der Waals surface area contributed by atoms with Crippen molar-refractivity contribution < 1.29 is 28.6 Å². The van der Waals surface area contributed by atoms with Crippen molar-refractivity contribution >= 4 is 17.9 Å². The maximum atomic E-state index is 12.8. The molecule has 0 heterocycles. The van der Waals surface area contributed by atoms with E-state index in [4.69, 9.17) is 14.2 Å². The van der Waals surface area contributed by atoms with E-state index in [1.807, 2.05) is 97.2 Å². The van der Waals surface area contributed by atoms with Crippen LogP contribution in [0.3, 0.4) is 0 Å². The summed E-state index contributed by atoms with van der Waals surface area (Å²) in [5, 5.41) is 0. The predicted octanol–water partition coefficient (Wildman–Crippen LogP) is 16.8. The van der Waals surface area contributed by atoms with Crippen LogP contribution in [0.25, 0.3) is 0 Å². The molecule has 0 aromatic rings. The number of hydrogen-bond acceptors (Lipinski definition) is 6. The molecule has 66 heavy (non-hydrogen) atoms. The van der Waals surface area contributed by atoms with Crippen LogP contribution in [0.2, 0.25) is 0 Å². The molecule has 364 valence electrons. The fraction of sp³-hybridized carbons (Fsp3) is 0.483. The number of carbonyl (C=O) groups is 3. The number of carbonyl (C=O) groups excluding carboxylic acids is 3. The molecule has 0 aromatic heterocycles. The third-order valence-corrected chi connectivity index (χ3v) is 9.79. The van der Waals surface area contributed by atoms with Gasteiger partial charge in [0.05, 0.1) is 0 Å². The largest absolute Gasteiger partial charge is 0.462 e. The van der Waals surface area contributed by atoms with Crippen LogP contribution in [0.4, 0.5) is 0 Å². The maximum absolute atomic E-state index is 12.8. The van der Waals surface area contributed by atoms with Crippen LogP contribution in [0.5, 0.6) is 0 Å². The minimum atomic E-state index is -0.837. The summed E-state index contributed by atoms with van der Waals surface area (Å²) in [6, 6.07) is 0. The third kappa shape index (κ3) is 49.8. The number of hydrogen-bond donors (Lipinski definition) is 0. The van der Waals surface area contributed by atoms with Gasteiger partial charge in [0.25, 0.3) is 0 Å². The van der Waals surface area contributed by atoms with E-state index in [-0.39, 0.29) is 44.0 Å². The summed E-state index contributed by atoms with van der Waals surface area (Å²) in [5.41, 5.74) is 0. The lowest BCUT2D eigenvalue weighted by Crippen LogP contribution is -2.30. The maximum Gasteiger partial charge on any atom is 0.306 e. The van der Waals surface area contributed by atoms with E-state index in [2.05, 4.69) is 93.7 Å². The summed E-state index contributed by atoms with van der Waals surface area (Å²) in [6.45, 7) is 6.18. The van der Waals surface area contributed by atoms with Crippen LogP contribution < -0.4 is 0 Å². The normalized spacial score (nSPS) is 13.6. The van der Waals surface area contributed by atoms with Crippen molar-refractivity contribution in [3.8, 4) is 0 Å². The lowest BCUT2D eigenvalue weighted by Gasteiger charge is -2.18. The molecular weight excluding hydrogens is 817 g/mol. The fourth-order valence-electron chi connectivity index (χ4n) is 6.02. The lowest BCUT2D eigenvalue weighted by atomic mass is 10.1. The van der Waals surface area contributed by atoms with Gasteiger partial charge in [-0.25, -0.2) is 0 Å². The Labute approximate surface area is 402 Å². The molecule has 0 saturated carbocycles. The molecule has 0 aliphatic heterocycles. The van der Waals surface area contributed by atoms with Gasteiger partial charge < -0.3 is 14.2 Å². The molecule has 0 spiro atoms. The van der Waals surface area contributed by atoms with Gasteiger partial charge in [0.15, 0.2) is 6.10 Å². The highest BCUT2D eigenvalue weighted by molar-refractivity contribution is 5.71. The number of esters is 3. The van der Waals surface area contributed by atoms with Crippen molar-refractivity contribution in [2.45, 2.75) is 175 Å². The summed E-state index contributed by atoms with van der Waals surface area (Å²) in [7, 11) is 0. The van der Waals surface area contributed by atoms with E-state index in [0.29, 0.717) is 19.3 Å². The van der Waals surface area contributed by atoms with E-state index in [0.717, 1.165) is 96.3 Å². The van der Waals surface area contributed by atoms with Gasteiger partial charge >= 0.3 is 17.9 Å². The Bertz CT molecular complexity index is 1600. The molecule has 0 radical (unpaired) electrons. The fourth-order valence-corrected chi connectivity index (χ4v) is 6.02. The van der Waals surface area contributed by atoms with E-state index in [1.54, 1.807) is 0 Å². The first-order valence-electron chi connectivity index (χ1n) is 25.3. The molecule has 1 atom stereocenters. The van der Waals surface area contributed by atoms with Crippen molar-refractivity contribution in [1.82, 2.24) is 0 Å². The predicted molar refractivity (Wildman–Crippen MR) is 283 cm³/mol. The highest BCUT2D eigenvalue weighted by Crippen LogP contribution is 2.11. The van der Waals surface area contributed by atoms with E-state index in [9.17, 15) is 14.4 Å². The Kier molecular flexibility index (Phi) is 48.2. The zero-order valence-corrected chi connectivity index (χ0v) is 41.4.